The predicted molar refractivity (Wildman–Crippen MR) is 179 cm³/mol. The van der Waals surface area contributed by atoms with E-state index in [2.05, 4.69) is 21.2 Å². The van der Waals surface area contributed by atoms with E-state index in [-0.39, 0.29) is 23.8 Å². The Morgan fingerprint density at radius 1 is 0.864 bits per heavy atom. The smallest absolute Gasteiger partial charge is 0.264 e. The van der Waals surface area contributed by atoms with Crippen LogP contribution in [0.25, 0.3) is 0 Å². The average molecular weight is 697 g/mol. The molecule has 1 unspecified atom stereocenters. The summed E-state index contributed by atoms with van der Waals surface area (Å²) in [5, 5.41) is 3.48. The van der Waals surface area contributed by atoms with E-state index in [1.54, 1.807) is 60.7 Å². The highest BCUT2D eigenvalue weighted by atomic mass is 79.9. The van der Waals surface area contributed by atoms with E-state index in [0.717, 1.165) is 22.7 Å². The van der Waals surface area contributed by atoms with Gasteiger partial charge >= 0.3 is 0 Å². The predicted octanol–water partition coefficient (Wildman–Crippen LogP) is 6.85. The number of anilines is 1. The Balaban J connectivity index is 1.78. The fourth-order valence-corrected chi connectivity index (χ4v) is 6.80. The average Bonchev–Trinajstić information content (AvgIpc) is 3.02. The normalized spacial score (nSPS) is 11.9. The number of hydrogen-bond donors (Lipinski definition) is 1. The molecule has 1 atom stereocenters. The van der Waals surface area contributed by atoms with E-state index in [9.17, 15) is 18.0 Å². The Labute approximate surface area is 273 Å². The summed E-state index contributed by atoms with van der Waals surface area (Å²) in [5.74, 6) is -0.839. The summed E-state index contributed by atoms with van der Waals surface area (Å²) in [6, 6.07) is 30.4. The maximum Gasteiger partial charge on any atom is 0.264 e. The highest BCUT2D eigenvalue weighted by Gasteiger charge is 2.34. The topological polar surface area (TPSA) is 86.8 Å². The van der Waals surface area contributed by atoms with Gasteiger partial charge in [0.2, 0.25) is 11.8 Å². The van der Waals surface area contributed by atoms with Crippen LogP contribution in [0.4, 0.5) is 5.69 Å². The van der Waals surface area contributed by atoms with Gasteiger partial charge in [-0.1, -0.05) is 108 Å². The molecule has 2 amide bonds. The summed E-state index contributed by atoms with van der Waals surface area (Å²) < 4.78 is 29.8. The van der Waals surface area contributed by atoms with Crippen LogP contribution in [0.2, 0.25) is 5.02 Å². The molecule has 0 aliphatic rings. The first-order valence-electron chi connectivity index (χ1n) is 14.4. The third-order valence-electron chi connectivity index (χ3n) is 7.05. The minimum Gasteiger partial charge on any atom is -0.354 e. The maximum atomic E-state index is 14.4. The van der Waals surface area contributed by atoms with Crippen LogP contribution in [0, 0.1) is 0 Å². The summed E-state index contributed by atoms with van der Waals surface area (Å²) in [6.45, 7) is 2.02. The zero-order valence-corrected chi connectivity index (χ0v) is 27.6. The quantitative estimate of drug-likeness (QED) is 0.146. The van der Waals surface area contributed by atoms with Crippen molar-refractivity contribution in [2.75, 3.05) is 17.4 Å². The van der Waals surface area contributed by atoms with Crippen LogP contribution in [-0.4, -0.2) is 44.3 Å². The highest BCUT2D eigenvalue weighted by Crippen LogP contribution is 2.27. The number of carbonyl (C=O) groups is 2. The lowest BCUT2D eigenvalue weighted by atomic mass is 10.0. The van der Waals surface area contributed by atoms with Crippen LogP contribution in [0.1, 0.15) is 30.9 Å². The first kappa shape index (κ1) is 33.2. The fourth-order valence-electron chi connectivity index (χ4n) is 4.77. The van der Waals surface area contributed by atoms with Crippen molar-refractivity contribution in [1.82, 2.24) is 10.2 Å². The van der Waals surface area contributed by atoms with Gasteiger partial charge < -0.3 is 10.2 Å². The second-order valence-electron chi connectivity index (χ2n) is 10.3. The molecule has 0 saturated carbocycles. The summed E-state index contributed by atoms with van der Waals surface area (Å²) in [7, 11) is -4.16. The standard InChI is InChI=1S/C34H35BrClN3O4S/c1-2-3-20-37-34(41)32(22-26-12-6-4-7-13-26)38(24-27-14-10-16-29(36)21-27)33(40)25-39(30-17-11-15-28(35)23-30)44(42,43)31-18-8-5-9-19-31/h4-19,21,23,32H,2-3,20,22,24-25H2,1H3,(H,37,41). The van der Waals surface area contributed by atoms with Gasteiger partial charge in [-0.3, -0.25) is 13.9 Å². The first-order valence-corrected chi connectivity index (χ1v) is 17.0. The van der Waals surface area contributed by atoms with Gasteiger partial charge in [0.15, 0.2) is 0 Å². The number of nitrogens with one attached hydrogen (secondary N) is 1. The van der Waals surface area contributed by atoms with Gasteiger partial charge in [0.1, 0.15) is 12.6 Å². The first-order chi connectivity index (χ1) is 21.2. The SMILES string of the molecule is CCCCNC(=O)C(Cc1ccccc1)N(Cc1cccc(Cl)c1)C(=O)CN(c1cccc(Br)c1)S(=O)(=O)c1ccccc1. The van der Waals surface area contributed by atoms with Gasteiger partial charge in [-0.25, -0.2) is 8.42 Å². The number of carbonyl (C=O) groups excluding carboxylic acids is 2. The van der Waals surface area contributed by atoms with Crippen molar-refractivity contribution < 1.29 is 18.0 Å². The summed E-state index contributed by atoms with van der Waals surface area (Å²) in [4.78, 5) is 29.7. The molecule has 7 nitrogen and oxygen atoms in total. The molecule has 0 fully saturated rings. The van der Waals surface area contributed by atoms with Gasteiger partial charge in [0, 0.05) is 29.0 Å². The van der Waals surface area contributed by atoms with E-state index in [4.69, 9.17) is 11.6 Å². The van der Waals surface area contributed by atoms with Crippen LogP contribution in [0.15, 0.2) is 119 Å². The molecule has 1 N–H and O–H groups in total. The lowest BCUT2D eigenvalue weighted by Gasteiger charge is -2.34. The van der Waals surface area contributed by atoms with Gasteiger partial charge in [0.05, 0.1) is 10.6 Å². The number of benzene rings is 4. The number of sulfonamides is 1. The fraction of sp³-hybridized carbons (Fsp3) is 0.235. The van der Waals surface area contributed by atoms with Crippen LogP contribution < -0.4 is 9.62 Å². The van der Waals surface area contributed by atoms with E-state index < -0.39 is 28.5 Å². The lowest BCUT2D eigenvalue weighted by molar-refractivity contribution is -0.140. The van der Waals surface area contributed by atoms with Crippen molar-refractivity contribution in [3.05, 3.63) is 130 Å². The Hall–Kier alpha value is -3.66. The third kappa shape index (κ3) is 8.94. The second kappa shape index (κ2) is 15.9. The molecule has 0 aromatic heterocycles. The molecule has 230 valence electrons. The number of amides is 2. The number of rotatable bonds is 14. The molecule has 4 aromatic rings. The van der Waals surface area contributed by atoms with Crippen molar-refractivity contribution >= 4 is 55.1 Å². The molecule has 10 heteroatoms. The van der Waals surface area contributed by atoms with Crippen molar-refractivity contribution in [2.45, 2.75) is 43.7 Å². The largest absolute Gasteiger partial charge is 0.354 e. The highest BCUT2D eigenvalue weighted by molar-refractivity contribution is 9.10. The molecular formula is C34H35BrClN3O4S. The number of halogens is 2. The van der Waals surface area contributed by atoms with Crippen molar-refractivity contribution in [2.24, 2.45) is 0 Å². The molecule has 0 radical (unpaired) electrons. The molecule has 44 heavy (non-hydrogen) atoms. The van der Waals surface area contributed by atoms with E-state index in [1.807, 2.05) is 43.3 Å². The summed E-state index contributed by atoms with van der Waals surface area (Å²) in [5.41, 5.74) is 1.89. The van der Waals surface area contributed by atoms with E-state index in [0.29, 0.717) is 27.3 Å². The Morgan fingerprint density at radius 2 is 1.52 bits per heavy atom. The van der Waals surface area contributed by atoms with Crippen LogP contribution in [0.5, 0.6) is 0 Å². The second-order valence-corrected chi connectivity index (χ2v) is 13.5. The molecular weight excluding hydrogens is 662 g/mol. The number of nitrogens with zero attached hydrogens (tertiary/aromatic N) is 2. The van der Waals surface area contributed by atoms with Crippen LogP contribution >= 0.6 is 27.5 Å². The molecule has 4 rings (SSSR count). The Kier molecular flexibility index (Phi) is 12.0. The van der Waals surface area contributed by atoms with E-state index in [1.165, 1.54) is 17.0 Å². The van der Waals surface area contributed by atoms with Crippen LogP contribution in [0.3, 0.4) is 0 Å². The molecule has 0 spiro atoms. The van der Waals surface area contributed by atoms with Gasteiger partial charge in [-0.2, -0.15) is 0 Å². The van der Waals surface area contributed by atoms with E-state index >= 15 is 0 Å². The Morgan fingerprint density at radius 3 is 2.18 bits per heavy atom. The zero-order valence-electron chi connectivity index (χ0n) is 24.4. The summed E-state index contributed by atoms with van der Waals surface area (Å²) >= 11 is 9.72. The van der Waals surface area contributed by atoms with Gasteiger partial charge in [-0.05, 0) is 60.0 Å². The molecule has 0 aliphatic carbocycles. The lowest BCUT2D eigenvalue weighted by Crippen LogP contribution is -2.53. The molecule has 0 bridgehead atoms. The minimum absolute atomic E-state index is 0.0484. The van der Waals surface area contributed by atoms with Gasteiger partial charge in [-0.15, -0.1) is 0 Å². The molecule has 0 saturated heterocycles. The maximum absolute atomic E-state index is 14.4. The Bertz CT molecular complexity index is 1660. The van der Waals surface area contributed by atoms with Crippen molar-refractivity contribution in [3.8, 4) is 0 Å². The van der Waals surface area contributed by atoms with Crippen LogP contribution in [-0.2, 0) is 32.6 Å². The monoisotopic (exact) mass is 695 g/mol. The zero-order chi connectivity index (χ0) is 31.5. The van der Waals surface area contributed by atoms with Gasteiger partial charge in [0.25, 0.3) is 10.0 Å². The van der Waals surface area contributed by atoms with Crippen molar-refractivity contribution in [1.29, 1.82) is 0 Å². The van der Waals surface area contributed by atoms with Crippen molar-refractivity contribution in [3.63, 3.8) is 0 Å². The molecule has 4 aromatic carbocycles. The molecule has 0 heterocycles. The summed E-state index contributed by atoms with van der Waals surface area (Å²) in [6.07, 6.45) is 1.93. The number of unbranched alkanes of at least 4 members (excludes halogenated alkanes) is 1. The third-order valence-corrected chi connectivity index (χ3v) is 9.57. The minimum atomic E-state index is -4.16. The number of hydrogen-bond acceptors (Lipinski definition) is 4. The molecule has 0 aliphatic heterocycles.